The highest BCUT2D eigenvalue weighted by Gasteiger charge is 2.41. The summed E-state index contributed by atoms with van der Waals surface area (Å²) in [6, 6.07) is 15.8. The van der Waals surface area contributed by atoms with Gasteiger partial charge in [-0.05, 0) is 23.6 Å². The molecule has 122 valence electrons. The smallest absolute Gasteiger partial charge is 0.246 e. The van der Waals surface area contributed by atoms with Gasteiger partial charge in [0.25, 0.3) is 0 Å². The minimum atomic E-state index is -0.355. The fourth-order valence-electron chi connectivity index (χ4n) is 3.60. The minimum Gasteiger partial charge on any atom is -0.327 e. The molecule has 0 radical (unpaired) electrons. The van der Waals surface area contributed by atoms with Crippen LogP contribution in [0.25, 0.3) is 0 Å². The van der Waals surface area contributed by atoms with Crippen molar-refractivity contribution >= 4 is 11.8 Å². The first-order valence-corrected chi connectivity index (χ1v) is 8.32. The second kappa shape index (κ2) is 5.78. The van der Waals surface area contributed by atoms with Gasteiger partial charge < -0.3 is 9.80 Å². The van der Waals surface area contributed by atoms with Gasteiger partial charge in [0.1, 0.15) is 12.6 Å². The molecule has 2 amide bonds. The van der Waals surface area contributed by atoms with E-state index in [4.69, 9.17) is 0 Å². The Kier molecular flexibility index (Phi) is 3.60. The fourth-order valence-corrected chi connectivity index (χ4v) is 3.60. The summed E-state index contributed by atoms with van der Waals surface area (Å²) < 4.78 is 0. The largest absolute Gasteiger partial charge is 0.327 e. The summed E-state index contributed by atoms with van der Waals surface area (Å²) in [5.41, 5.74) is 4.58. The molecule has 0 aliphatic carbocycles. The van der Waals surface area contributed by atoms with Gasteiger partial charge in [-0.25, -0.2) is 0 Å². The first-order valence-electron chi connectivity index (χ1n) is 8.32. The fraction of sp³-hybridized carbons (Fsp3) is 0.300. The lowest BCUT2D eigenvalue weighted by atomic mass is 9.91. The third-order valence-electron chi connectivity index (χ3n) is 4.99. The van der Waals surface area contributed by atoms with Gasteiger partial charge in [0.2, 0.25) is 11.8 Å². The highest BCUT2D eigenvalue weighted by molar-refractivity contribution is 5.95. The van der Waals surface area contributed by atoms with Crippen molar-refractivity contribution < 1.29 is 9.59 Å². The molecule has 4 nitrogen and oxygen atoms in total. The molecule has 2 heterocycles. The first kappa shape index (κ1) is 14.9. The minimum absolute atomic E-state index is 0.0428. The molecular formula is C20H20N2O2. The van der Waals surface area contributed by atoms with Crippen molar-refractivity contribution in [2.75, 3.05) is 6.54 Å². The summed E-state index contributed by atoms with van der Waals surface area (Å²) in [6.07, 6.45) is 0.616. The number of aryl methyl sites for hydroxylation is 1. The molecule has 2 aromatic carbocycles. The third-order valence-corrected chi connectivity index (χ3v) is 4.99. The molecule has 2 aliphatic heterocycles. The molecule has 2 aliphatic rings. The van der Waals surface area contributed by atoms with Gasteiger partial charge in [0.15, 0.2) is 0 Å². The quantitative estimate of drug-likeness (QED) is 0.852. The Hall–Kier alpha value is -2.62. The summed E-state index contributed by atoms with van der Waals surface area (Å²) in [6.45, 7) is 3.25. The number of fused-ring (bicyclic) bond motifs is 2. The second-order valence-corrected chi connectivity index (χ2v) is 6.69. The van der Waals surface area contributed by atoms with E-state index in [9.17, 15) is 9.59 Å². The van der Waals surface area contributed by atoms with Crippen LogP contribution in [0.1, 0.15) is 22.3 Å². The first-order chi connectivity index (χ1) is 11.6. The van der Waals surface area contributed by atoms with Gasteiger partial charge >= 0.3 is 0 Å². The average molecular weight is 320 g/mol. The Labute approximate surface area is 141 Å². The molecule has 0 bridgehead atoms. The van der Waals surface area contributed by atoms with E-state index in [1.807, 2.05) is 49.4 Å². The lowest BCUT2D eigenvalue weighted by molar-refractivity contribution is -0.157. The van der Waals surface area contributed by atoms with Crippen LogP contribution in [0.4, 0.5) is 0 Å². The summed E-state index contributed by atoms with van der Waals surface area (Å²) >= 11 is 0. The van der Waals surface area contributed by atoms with E-state index < -0.39 is 0 Å². The Morgan fingerprint density at radius 3 is 2.42 bits per heavy atom. The number of hydrogen-bond donors (Lipinski definition) is 0. The van der Waals surface area contributed by atoms with Crippen LogP contribution in [0.3, 0.4) is 0 Å². The highest BCUT2D eigenvalue weighted by atomic mass is 16.2. The highest BCUT2D eigenvalue weighted by Crippen LogP contribution is 2.27. The summed E-state index contributed by atoms with van der Waals surface area (Å²) in [5, 5.41) is 0. The molecule has 1 saturated heterocycles. The monoisotopic (exact) mass is 320 g/mol. The maximum Gasteiger partial charge on any atom is 0.246 e. The number of amides is 2. The van der Waals surface area contributed by atoms with Gasteiger partial charge in [-0.2, -0.15) is 0 Å². The topological polar surface area (TPSA) is 40.6 Å². The van der Waals surface area contributed by atoms with Gasteiger partial charge in [0.05, 0.1) is 0 Å². The van der Waals surface area contributed by atoms with Crippen LogP contribution in [0.5, 0.6) is 0 Å². The van der Waals surface area contributed by atoms with Crippen molar-refractivity contribution in [2.45, 2.75) is 32.5 Å². The van der Waals surface area contributed by atoms with E-state index in [0.717, 1.165) is 11.1 Å². The zero-order valence-corrected chi connectivity index (χ0v) is 13.7. The lowest BCUT2D eigenvalue weighted by Gasteiger charge is -2.43. The van der Waals surface area contributed by atoms with Crippen LogP contribution in [0, 0.1) is 6.92 Å². The molecule has 0 saturated carbocycles. The SMILES string of the molecule is Cc1ccc(CN2CC(=O)N3Cc4ccccc4CC3C2=O)cc1. The number of hydrogen-bond acceptors (Lipinski definition) is 2. The molecule has 0 N–H and O–H groups in total. The molecule has 0 aromatic heterocycles. The Balaban J connectivity index is 1.57. The van der Waals surface area contributed by atoms with Crippen molar-refractivity contribution in [1.82, 2.24) is 9.80 Å². The molecule has 1 atom stereocenters. The number of carbonyl (C=O) groups is 2. The second-order valence-electron chi connectivity index (χ2n) is 6.69. The molecule has 4 rings (SSSR count). The summed E-state index contributed by atoms with van der Waals surface area (Å²) in [7, 11) is 0. The van der Waals surface area contributed by atoms with E-state index >= 15 is 0 Å². The Morgan fingerprint density at radius 1 is 0.958 bits per heavy atom. The van der Waals surface area contributed by atoms with E-state index in [-0.39, 0.29) is 24.4 Å². The number of rotatable bonds is 2. The molecule has 2 aromatic rings. The predicted molar refractivity (Wildman–Crippen MR) is 91.1 cm³/mol. The number of carbonyl (C=O) groups excluding carboxylic acids is 2. The van der Waals surface area contributed by atoms with Gasteiger partial charge in [-0.15, -0.1) is 0 Å². The maximum atomic E-state index is 12.9. The maximum absolute atomic E-state index is 12.9. The zero-order chi connectivity index (χ0) is 16.7. The number of benzene rings is 2. The molecule has 24 heavy (non-hydrogen) atoms. The Bertz CT molecular complexity index is 798. The lowest BCUT2D eigenvalue weighted by Crippen LogP contribution is -2.61. The third kappa shape index (κ3) is 2.58. The van der Waals surface area contributed by atoms with Crippen LogP contribution in [-0.4, -0.2) is 34.2 Å². The van der Waals surface area contributed by atoms with Crippen molar-refractivity contribution in [3.63, 3.8) is 0 Å². The van der Waals surface area contributed by atoms with Crippen LogP contribution in [0.2, 0.25) is 0 Å². The standard InChI is InChI=1S/C20H20N2O2/c1-14-6-8-15(9-7-14)11-21-13-19(23)22-12-17-5-3-2-4-16(17)10-18(22)20(21)24/h2-9,18H,10-13H2,1H3. The number of piperazine rings is 1. The van der Waals surface area contributed by atoms with Crippen molar-refractivity contribution in [1.29, 1.82) is 0 Å². The van der Waals surface area contributed by atoms with Crippen LogP contribution in [-0.2, 0) is 29.1 Å². The van der Waals surface area contributed by atoms with Crippen molar-refractivity contribution in [2.24, 2.45) is 0 Å². The van der Waals surface area contributed by atoms with E-state index in [0.29, 0.717) is 19.5 Å². The Morgan fingerprint density at radius 2 is 1.67 bits per heavy atom. The van der Waals surface area contributed by atoms with E-state index in [1.54, 1.807) is 9.80 Å². The van der Waals surface area contributed by atoms with Gasteiger partial charge in [-0.1, -0.05) is 54.1 Å². The molecule has 4 heteroatoms. The van der Waals surface area contributed by atoms with E-state index in [2.05, 4.69) is 6.07 Å². The average Bonchev–Trinajstić information content (AvgIpc) is 2.60. The van der Waals surface area contributed by atoms with Gasteiger partial charge in [-0.3, -0.25) is 9.59 Å². The van der Waals surface area contributed by atoms with E-state index in [1.165, 1.54) is 11.1 Å². The molecule has 1 fully saturated rings. The van der Waals surface area contributed by atoms with Crippen molar-refractivity contribution in [3.8, 4) is 0 Å². The molecule has 1 unspecified atom stereocenters. The summed E-state index contributed by atoms with van der Waals surface area (Å²) in [5.74, 6) is 0.103. The molecular weight excluding hydrogens is 300 g/mol. The van der Waals surface area contributed by atoms with Crippen LogP contribution in [0.15, 0.2) is 48.5 Å². The van der Waals surface area contributed by atoms with Crippen LogP contribution < -0.4 is 0 Å². The summed E-state index contributed by atoms with van der Waals surface area (Å²) in [4.78, 5) is 28.9. The normalized spacial score (nSPS) is 20.0. The predicted octanol–water partition coefficient (Wildman–Crippen LogP) is 2.29. The van der Waals surface area contributed by atoms with Crippen LogP contribution >= 0.6 is 0 Å². The number of nitrogens with zero attached hydrogens (tertiary/aromatic N) is 2. The molecule has 0 spiro atoms. The van der Waals surface area contributed by atoms with Gasteiger partial charge in [0, 0.05) is 19.5 Å². The van der Waals surface area contributed by atoms with Crippen molar-refractivity contribution in [3.05, 3.63) is 70.8 Å². The zero-order valence-electron chi connectivity index (χ0n) is 13.7.